The molecule has 1 fully saturated rings. The summed E-state index contributed by atoms with van der Waals surface area (Å²) in [5.74, 6) is 0.0772. The van der Waals surface area contributed by atoms with Gasteiger partial charge in [0.1, 0.15) is 5.82 Å². The van der Waals surface area contributed by atoms with Crippen LogP contribution in [0.1, 0.15) is 32.1 Å². The van der Waals surface area contributed by atoms with Gasteiger partial charge in [-0.2, -0.15) is 0 Å². The third kappa shape index (κ3) is 4.73. The Bertz CT molecular complexity index is 651. The largest absolute Gasteiger partial charge is 0.449 e. The lowest BCUT2D eigenvalue weighted by molar-refractivity contribution is 0.124. The molecular formula is C20H21ClFNO2. The van der Waals surface area contributed by atoms with Crippen LogP contribution >= 0.6 is 11.6 Å². The van der Waals surface area contributed by atoms with Crippen LogP contribution in [0.4, 0.5) is 20.6 Å². The summed E-state index contributed by atoms with van der Waals surface area (Å²) in [6.07, 6.45) is 5.40. The molecule has 0 N–H and O–H groups in total. The maximum atomic E-state index is 13.2. The first-order valence-electron chi connectivity index (χ1n) is 8.61. The van der Waals surface area contributed by atoms with Crippen LogP contribution in [0.3, 0.4) is 0 Å². The van der Waals surface area contributed by atoms with Crippen molar-refractivity contribution in [2.24, 2.45) is 5.92 Å². The number of amides is 1. The summed E-state index contributed by atoms with van der Waals surface area (Å²) in [7, 11) is 0. The van der Waals surface area contributed by atoms with Gasteiger partial charge in [-0.25, -0.2) is 14.1 Å². The van der Waals surface area contributed by atoms with E-state index in [-0.39, 0.29) is 5.82 Å². The first-order chi connectivity index (χ1) is 12.1. The first-order valence-corrected chi connectivity index (χ1v) is 8.99. The second-order valence-electron chi connectivity index (χ2n) is 6.37. The number of hydrogen-bond donors (Lipinski definition) is 0. The van der Waals surface area contributed by atoms with E-state index in [2.05, 4.69) is 0 Å². The van der Waals surface area contributed by atoms with E-state index >= 15 is 0 Å². The Morgan fingerprint density at radius 2 is 1.56 bits per heavy atom. The van der Waals surface area contributed by atoms with Gasteiger partial charge in [0.15, 0.2) is 0 Å². The molecule has 2 aromatic carbocycles. The van der Waals surface area contributed by atoms with Crippen molar-refractivity contribution in [3.63, 3.8) is 0 Å². The maximum Gasteiger partial charge on any atom is 0.418 e. The smallest absolute Gasteiger partial charge is 0.418 e. The third-order valence-corrected chi connectivity index (χ3v) is 4.77. The van der Waals surface area contributed by atoms with Crippen LogP contribution in [0.25, 0.3) is 0 Å². The lowest BCUT2D eigenvalue weighted by Gasteiger charge is -2.25. The fourth-order valence-electron chi connectivity index (χ4n) is 3.15. The van der Waals surface area contributed by atoms with Crippen LogP contribution < -0.4 is 4.90 Å². The van der Waals surface area contributed by atoms with Crippen molar-refractivity contribution in [2.75, 3.05) is 11.5 Å². The monoisotopic (exact) mass is 361 g/mol. The SMILES string of the molecule is O=C(OCC1CCCCC1)N(c1ccc(F)cc1)c1ccc(Cl)cc1. The molecule has 0 aromatic heterocycles. The Morgan fingerprint density at radius 3 is 2.16 bits per heavy atom. The summed E-state index contributed by atoms with van der Waals surface area (Å²) >= 11 is 5.94. The second kappa shape index (κ2) is 8.34. The number of rotatable bonds is 4. The summed E-state index contributed by atoms with van der Waals surface area (Å²) in [4.78, 5) is 14.2. The summed E-state index contributed by atoms with van der Waals surface area (Å²) in [6, 6.07) is 12.7. The molecule has 1 saturated carbocycles. The van der Waals surface area contributed by atoms with Crippen LogP contribution in [0, 0.1) is 11.7 Å². The van der Waals surface area contributed by atoms with E-state index in [1.165, 1.54) is 36.3 Å². The van der Waals surface area contributed by atoms with E-state index in [1.54, 1.807) is 36.4 Å². The fraction of sp³-hybridized carbons (Fsp3) is 0.350. The van der Waals surface area contributed by atoms with Crippen molar-refractivity contribution in [1.82, 2.24) is 0 Å². The predicted molar refractivity (Wildman–Crippen MR) is 97.9 cm³/mol. The number of benzene rings is 2. The topological polar surface area (TPSA) is 29.5 Å². The van der Waals surface area contributed by atoms with Crippen molar-refractivity contribution < 1.29 is 13.9 Å². The Hall–Kier alpha value is -2.07. The van der Waals surface area contributed by atoms with Crippen LogP contribution in [0.2, 0.25) is 5.02 Å². The highest BCUT2D eigenvalue weighted by molar-refractivity contribution is 6.30. The van der Waals surface area contributed by atoms with Crippen molar-refractivity contribution in [3.8, 4) is 0 Å². The normalized spacial score (nSPS) is 15.0. The molecule has 0 bridgehead atoms. The lowest BCUT2D eigenvalue weighted by atomic mass is 9.90. The van der Waals surface area contributed by atoms with Crippen molar-refractivity contribution >= 4 is 29.1 Å². The zero-order chi connectivity index (χ0) is 17.6. The van der Waals surface area contributed by atoms with Gasteiger partial charge < -0.3 is 4.74 Å². The molecule has 0 unspecified atom stereocenters. The van der Waals surface area contributed by atoms with E-state index in [0.29, 0.717) is 28.9 Å². The molecule has 2 aromatic rings. The Balaban J connectivity index is 1.78. The van der Waals surface area contributed by atoms with E-state index in [4.69, 9.17) is 16.3 Å². The quantitative estimate of drug-likeness (QED) is 0.636. The van der Waals surface area contributed by atoms with Crippen LogP contribution in [0.5, 0.6) is 0 Å². The second-order valence-corrected chi connectivity index (χ2v) is 6.81. The molecule has 0 atom stereocenters. The van der Waals surface area contributed by atoms with E-state index in [0.717, 1.165) is 12.8 Å². The molecular weight excluding hydrogens is 341 g/mol. The molecule has 3 rings (SSSR count). The Morgan fingerprint density at radius 1 is 1.00 bits per heavy atom. The van der Waals surface area contributed by atoms with Gasteiger partial charge in [-0.05, 0) is 67.3 Å². The molecule has 5 heteroatoms. The number of halogens is 2. The summed E-state index contributed by atoms with van der Waals surface area (Å²) in [5, 5.41) is 0.582. The van der Waals surface area contributed by atoms with Gasteiger partial charge in [-0.15, -0.1) is 0 Å². The zero-order valence-corrected chi connectivity index (χ0v) is 14.7. The minimum Gasteiger partial charge on any atom is -0.449 e. The number of nitrogens with zero attached hydrogens (tertiary/aromatic N) is 1. The van der Waals surface area contributed by atoms with Gasteiger partial charge in [0.05, 0.1) is 18.0 Å². The van der Waals surface area contributed by atoms with Gasteiger partial charge >= 0.3 is 6.09 Å². The summed E-state index contributed by atoms with van der Waals surface area (Å²) in [6.45, 7) is 0.421. The molecule has 0 heterocycles. The van der Waals surface area contributed by atoms with E-state index in [1.807, 2.05) is 0 Å². The van der Waals surface area contributed by atoms with Gasteiger partial charge in [0.25, 0.3) is 0 Å². The minimum atomic E-state index is -0.459. The third-order valence-electron chi connectivity index (χ3n) is 4.52. The first kappa shape index (κ1) is 17.7. The van der Waals surface area contributed by atoms with Crippen LogP contribution in [0.15, 0.2) is 48.5 Å². The number of ether oxygens (including phenoxy) is 1. The number of anilines is 2. The standard InChI is InChI=1S/C20H21ClFNO2/c21-16-6-10-18(11-7-16)23(19-12-8-17(22)9-13-19)20(24)25-14-15-4-2-1-3-5-15/h6-13,15H,1-5,14H2. The average Bonchev–Trinajstić information content (AvgIpc) is 2.64. The van der Waals surface area contributed by atoms with Crippen molar-refractivity contribution in [3.05, 3.63) is 59.4 Å². The number of hydrogen-bond acceptors (Lipinski definition) is 2. The Labute approximate surface area is 152 Å². The molecule has 132 valence electrons. The van der Waals surface area contributed by atoms with Crippen LogP contribution in [-0.4, -0.2) is 12.7 Å². The molecule has 0 spiro atoms. The molecule has 1 aliphatic rings. The maximum absolute atomic E-state index is 13.2. The zero-order valence-electron chi connectivity index (χ0n) is 14.0. The van der Waals surface area contributed by atoms with Crippen molar-refractivity contribution in [1.29, 1.82) is 0 Å². The highest BCUT2D eigenvalue weighted by atomic mass is 35.5. The van der Waals surface area contributed by atoms with Gasteiger partial charge in [-0.1, -0.05) is 30.9 Å². The molecule has 3 nitrogen and oxygen atoms in total. The van der Waals surface area contributed by atoms with E-state index in [9.17, 15) is 9.18 Å². The molecule has 25 heavy (non-hydrogen) atoms. The minimum absolute atomic E-state index is 0.352. The van der Waals surface area contributed by atoms with Gasteiger partial charge in [0, 0.05) is 5.02 Å². The fourth-order valence-corrected chi connectivity index (χ4v) is 3.27. The summed E-state index contributed by atoms with van der Waals surface area (Å²) < 4.78 is 18.8. The van der Waals surface area contributed by atoms with Gasteiger partial charge in [0.2, 0.25) is 0 Å². The summed E-state index contributed by atoms with van der Waals surface area (Å²) in [5.41, 5.74) is 1.18. The van der Waals surface area contributed by atoms with Crippen LogP contribution in [-0.2, 0) is 4.74 Å². The van der Waals surface area contributed by atoms with Crippen molar-refractivity contribution in [2.45, 2.75) is 32.1 Å². The Kier molecular flexibility index (Phi) is 5.92. The molecule has 0 radical (unpaired) electrons. The lowest BCUT2D eigenvalue weighted by Crippen LogP contribution is -2.29. The van der Waals surface area contributed by atoms with Gasteiger partial charge in [-0.3, -0.25) is 0 Å². The number of carbonyl (C=O) groups excluding carboxylic acids is 1. The molecule has 0 saturated heterocycles. The predicted octanol–water partition coefficient (Wildman–Crippen LogP) is 6.33. The highest BCUT2D eigenvalue weighted by Crippen LogP contribution is 2.29. The average molecular weight is 362 g/mol. The highest BCUT2D eigenvalue weighted by Gasteiger charge is 2.22. The van der Waals surface area contributed by atoms with E-state index < -0.39 is 6.09 Å². The molecule has 1 amide bonds. The molecule has 0 aliphatic heterocycles. The molecule has 1 aliphatic carbocycles. The number of carbonyl (C=O) groups is 1.